The SMILES string of the molecule is CSc1ccc(C(=O)CCCCCl)cc1NC(N)=O. The average Bonchev–Trinajstić information content (AvgIpc) is 2.38. The lowest BCUT2D eigenvalue weighted by Crippen LogP contribution is -2.20. The van der Waals surface area contributed by atoms with Crippen LogP contribution >= 0.6 is 23.4 Å². The zero-order valence-corrected chi connectivity index (χ0v) is 12.3. The van der Waals surface area contributed by atoms with Crippen LogP contribution in [0.4, 0.5) is 10.5 Å². The van der Waals surface area contributed by atoms with Gasteiger partial charge in [0.2, 0.25) is 0 Å². The fourth-order valence-electron chi connectivity index (χ4n) is 1.64. The van der Waals surface area contributed by atoms with Gasteiger partial charge in [-0.3, -0.25) is 4.79 Å². The van der Waals surface area contributed by atoms with Crippen molar-refractivity contribution in [1.29, 1.82) is 0 Å². The van der Waals surface area contributed by atoms with Gasteiger partial charge >= 0.3 is 6.03 Å². The summed E-state index contributed by atoms with van der Waals surface area (Å²) < 4.78 is 0. The maximum absolute atomic E-state index is 12.0. The molecule has 0 atom stereocenters. The molecule has 0 spiro atoms. The number of Topliss-reactive ketones (excluding diaryl/α,β-unsaturated/α-hetero) is 1. The van der Waals surface area contributed by atoms with Crippen molar-refractivity contribution in [2.45, 2.75) is 24.2 Å². The molecule has 0 aromatic heterocycles. The van der Waals surface area contributed by atoms with Gasteiger partial charge in [0.05, 0.1) is 5.69 Å². The van der Waals surface area contributed by atoms with Gasteiger partial charge in [0, 0.05) is 22.8 Å². The Bertz CT molecular complexity index is 466. The van der Waals surface area contributed by atoms with Crippen LogP contribution in [0.25, 0.3) is 0 Å². The predicted octanol–water partition coefficient (Wildman–Crippen LogP) is 3.49. The molecule has 19 heavy (non-hydrogen) atoms. The Hall–Kier alpha value is -1.20. The minimum absolute atomic E-state index is 0.0466. The highest BCUT2D eigenvalue weighted by Crippen LogP contribution is 2.27. The Morgan fingerprint density at radius 3 is 2.68 bits per heavy atom. The van der Waals surface area contributed by atoms with Gasteiger partial charge in [-0.2, -0.15) is 0 Å². The Morgan fingerprint density at radius 2 is 2.11 bits per heavy atom. The Kier molecular flexibility index (Phi) is 6.73. The Balaban J connectivity index is 2.84. The van der Waals surface area contributed by atoms with Gasteiger partial charge in [-0.05, 0) is 31.2 Å². The summed E-state index contributed by atoms with van der Waals surface area (Å²) in [6, 6.07) is 4.60. The molecule has 0 bridgehead atoms. The summed E-state index contributed by atoms with van der Waals surface area (Å²) in [7, 11) is 0. The van der Waals surface area contributed by atoms with Crippen LogP contribution in [0, 0.1) is 0 Å². The first-order valence-corrected chi connectivity index (χ1v) is 7.68. The smallest absolute Gasteiger partial charge is 0.316 e. The number of ketones is 1. The number of unbranched alkanes of at least 4 members (excludes halogenated alkanes) is 1. The number of carbonyl (C=O) groups is 2. The molecule has 0 heterocycles. The molecule has 0 aliphatic carbocycles. The molecule has 1 rings (SSSR count). The molecule has 4 nitrogen and oxygen atoms in total. The number of nitrogens with one attached hydrogen (secondary N) is 1. The third kappa shape index (κ3) is 5.12. The highest BCUT2D eigenvalue weighted by Gasteiger charge is 2.10. The quantitative estimate of drug-likeness (QED) is 0.350. The molecule has 0 aliphatic heterocycles. The standard InChI is InChI=1S/C13H17ClN2O2S/c1-19-12-6-5-9(8-10(12)16-13(15)18)11(17)4-2-3-7-14/h5-6,8H,2-4,7H2,1H3,(H3,15,16,18). The molecular formula is C13H17ClN2O2S. The topological polar surface area (TPSA) is 72.2 Å². The second-order valence-electron chi connectivity index (χ2n) is 3.97. The van der Waals surface area contributed by atoms with E-state index >= 15 is 0 Å². The fourth-order valence-corrected chi connectivity index (χ4v) is 2.36. The summed E-state index contributed by atoms with van der Waals surface area (Å²) in [5.74, 6) is 0.609. The molecule has 2 amide bonds. The van der Waals surface area contributed by atoms with Gasteiger partial charge in [0.1, 0.15) is 0 Å². The molecule has 1 aromatic carbocycles. The van der Waals surface area contributed by atoms with Gasteiger partial charge < -0.3 is 11.1 Å². The first kappa shape index (κ1) is 15.9. The molecule has 3 N–H and O–H groups in total. The summed E-state index contributed by atoms with van der Waals surface area (Å²) in [5.41, 5.74) is 6.27. The van der Waals surface area contributed by atoms with Crippen LogP contribution in [0.3, 0.4) is 0 Å². The number of hydrogen-bond acceptors (Lipinski definition) is 3. The second kappa shape index (κ2) is 8.07. The molecule has 6 heteroatoms. The molecule has 0 aliphatic rings. The molecule has 0 unspecified atom stereocenters. The highest BCUT2D eigenvalue weighted by molar-refractivity contribution is 7.98. The number of alkyl halides is 1. The van der Waals surface area contributed by atoms with Crippen LogP contribution in [0.15, 0.2) is 23.1 Å². The second-order valence-corrected chi connectivity index (χ2v) is 5.20. The summed E-state index contributed by atoms with van der Waals surface area (Å²) >= 11 is 7.06. The summed E-state index contributed by atoms with van der Waals surface area (Å²) in [4.78, 5) is 23.8. The van der Waals surface area contributed by atoms with Crippen LogP contribution in [0.1, 0.15) is 29.6 Å². The lowest BCUT2D eigenvalue weighted by Gasteiger charge is -2.09. The van der Waals surface area contributed by atoms with Crippen LogP contribution < -0.4 is 11.1 Å². The van der Waals surface area contributed by atoms with Gasteiger partial charge in [0.25, 0.3) is 0 Å². The van der Waals surface area contributed by atoms with Crippen LogP contribution in [-0.4, -0.2) is 24.0 Å². The van der Waals surface area contributed by atoms with Crippen molar-refractivity contribution in [2.24, 2.45) is 5.73 Å². The Labute approximate surface area is 122 Å². The van der Waals surface area contributed by atoms with E-state index in [1.165, 1.54) is 11.8 Å². The number of rotatable bonds is 7. The number of halogens is 1. The van der Waals surface area contributed by atoms with Crippen molar-refractivity contribution in [1.82, 2.24) is 0 Å². The molecule has 0 radical (unpaired) electrons. The molecular weight excluding hydrogens is 284 g/mol. The van der Waals surface area contributed by atoms with Crippen molar-refractivity contribution in [2.75, 3.05) is 17.5 Å². The zero-order chi connectivity index (χ0) is 14.3. The number of amides is 2. The molecule has 0 saturated heterocycles. The lowest BCUT2D eigenvalue weighted by molar-refractivity contribution is 0.0980. The van der Waals surface area contributed by atoms with Crippen molar-refractivity contribution in [3.05, 3.63) is 23.8 Å². The van der Waals surface area contributed by atoms with Crippen LogP contribution in [0.2, 0.25) is 0 Å². The van der Waals surface area contributed by atoms with E-state index in [0.29, 0.717) is 23.6 Å². The fraction of sp³-hybridized carbons (Fsp3) is 0.385. The number of hydrogen-bond donors (Lipinski definition) is 2. The van der Waals surface area contributed by atoms with Crippen LogP contribution in [-0.2, 0) is 0 Å². The van der Waals surface area contributed by atoms with Crippen molar-refractivity contribution in [3.63, 3.8) is 0 Å². The van der Waals surface area contributed by atoms with Crippen molar-refractivity contribution < 1.29 is 9.59 Å². The number of thioether (sulfide) groups is 1. The minimum Gasteiger partial charge on any atom is -0.351 e. The van der Waals surface area contributed by atoms with Gasteiger partial charge in [-0.25, -0.2) is 4.79 Å². The number of anilines is 1. The molecule has 0 saturated carbocycles. The van der Waals surface area contributed by atoms with E-state index in [4.69, 9.17) is 17.3 Å². The number of carbonyl (C=O) groups excluding carboxylic acids is 2. The van der Waals surface area contributed by atoms with Crippen LogP contribution in [0.5, 0.6) is 0 Å². The maximum Gasteiger partial charge on any atom is 0.316 e. The zero-order valence-electron chi connectivity index (χ0n) is 10.7. The predicted molar refractivity (Wildman–Crippen MR) is 80.3 cm³/mol. The number of benzene rings is 1. The molecule has 1 aromatic rings. The highest BCUT2D eigenvalue weighted by atomic mass is 35.5. The number of primary amides is 1. The maximum atomic E-state index is 12.0. The largest absolute Gasteiger partial charge is 0.351 e. The molecule has 104 valence electrons. The summed E-state index contributed by atoms with van der Waals surface area (Å²) in [5, 5.41) is 2.53. The van der Waals surface area contributed by atoms with E-state index in [2.05, 4.69) is 5.32 Å². The molecule has 0 fully saturated rings. The van der Waals surface area contributed by atoms with E-state index in [9.17, 15) is 9.59 Å². The van der Waals surface area contributed by atoms with E-state index < -0.39 is 6.03 Å². The third-order valence-electron chi connectivity index (χ3n) is 2.57. The number of nitrogens with two attached hydrogens (primary N) is 1. The van der Waals surface area contributed by atoms with Gasteiger partial charge in [-0.15, -0.1) is 23.4 Å². The van der Waals surface area contributed by atoms with E-state index in [1.807, 2.05) is 12.3 Å². The Morgan fingerprint density at radius 1 is 1.37 bits per heavy atom. The minimum atomic E-state index is -0.637. The lowest BCUT2D eigenvalue weighted by atomic mass is 10.1. The van der Waals surface area contributed by atoms with Gasteiger partial charge in [-0.1, -0.05) is 6.07 Å². The summed E-state index contributed by atoms with van der Waals surface area (Å²) in [6.07, 6.45) is 3.94. The third-order valence-corrected chi connectivity index (χ3v) is 3.63. The normalized spacial score (nSPS) is 10.2. The number of urea groups is 1. The van der Waals surface area contributed by atoms with E-state index in [1.54, 1.807) is 12.1 Å². The monoisotopic (exact) mass is 300 g/mol. The average molecular weight is 301 g/mol. The first-order chi connectivity index (χ1) is 9.08. The first-order valence-electron chi connectivity index (χ1n) is 5.92. The van der Waals surface area contributed by atoms with Crippen molar-refractivity contribution >= 4 is 40.9 Å². The van der Waals surface area contributed by atoms with Gasteiger partial charge in [0.15, 0.2) is 5.78 Å². The van der Waals surface area contributed by atoms with Crippen molar-refractivity contribution in [3.8, 4) is 0 Å². The van der Waals surface area contributed by atoms with E-state index in [0.717, 1.165) is 17.7 Å². The van der Waals surface area contributed by atoms with E-state index in [-0.39, 0.29) is 5.78 Å². The summed E-state index contributed by atoms with van der Waals surface area (Å²) in [6.45, 7) is 0.